The van der Waals surface area contributed by atoms with Gasteiger partial charge in [0.15, 0.2) is 5.75 Å². The van der Waals surface area contributed by atoms with Crippen LogP contribution in [0.5, 0.6) is 17.2 Å². The highest BCUT2D eigenvalue weighted by Crippen LogP contribution is 2.35. The average molecular weight is 579 g/mol. The van der Waals surface area contributed by atoms with E-state index in [9.17, 15) is 9.59 Å². The fourth-order valence-electron chi connectivity index (χ4n) is 5.20. The molecule has 0 saturated heterocycles. The third kappa shape index (κ3) is 7.40. The van der Waals surface area contributed by atoms with Gasteiger partial charge in [-0.2, -0.15) is 0 Å². The topological polar surface area (TPSA) is 84.0 Å². The van der Waals surface area contributed by atoms with Gasteiger partial charge in [0, 0.05) is 49.6 Å². The number of ether oxygens (including phenoxy) is 2. The number of amides is 2. The van der Waals surface area contributed by atoms with Gasteiger partial charge >= 0.3 is 0 Å². The lowest BCUT2D eigenvalue weighted by Gasteiger charge is -2.38. The van der Waals surface area contributed by atoms with Crippen LogP contribution in [-0.2, 0) is 6.54 Å². The average Bonchev–Trinajstić information content (AvgIpc) is 3.01. The molecule has 0 aliphatic carbocycles. The summed E-state index contributed by atoms with van der Waals surface area (Å²) in [5, 5.41) is 2.96. The fraction of sp³-hybridized carbons (Fsp3) is 0.286. The van der Waals surface area contributed by atoms with Crippen molar-refractivity contribution >= 4 is 17.5 Å². The first-order chi connectivity index (χ1) is 20.8. The Hall–Kier alpha value is -4.69. The highest BCUT2D eigenvalue weighted by atomic mass is 16.5. The molecule has 222 valence electrons. The first kappa shape index (κ1) is 29.8. The fourth-order valence-corrected chi connectivity index (χ4v) is 5.20. The van der Waals surface area contributed by atoms with Gasteiger partial charge < -0.3 is 19.7 Å². The van der Waals surface area contributed by atoms with Crippen molar-refractivity contribution in [2.24, 2.45) is 5.92 Å². The maximum absolute atomic E-state index is 13.7. The third-order valence-electron chi connectivity index (χ3n) is 7.56. The molecule has 2 atom stereocenters. The first-order valence-corrected chi connectivity index (χ1v) is 14.6. The van der Waals surface area contributed by atoms with Gasteiger partial charge in [-0.15, -0.1) is 0 Å². The summed E-state index contributed by atoms with van der Waals surface area (Å²) in [5.74, 6) is 1.61. The zero-order valence-corrected chi connectivity index (χ0v) is 25.1. The first-order valence-electron chi connectivity index (χ1n) is 14.6. The van der Waals surface area contributed by atoms with E-state index in [0.29, 0.717) is 42.2 Å². The summed E-state index contributed by atoms with van der Waals surface area (Å²) in [6.07, 6.45) is 2.91. The van der Waals surface area contributed by atoms with Crippen molar-refractivity contribution in [3.8, 4) is 17.2 Å². The summed E-state index contributed by atoms with van der Waals surface area (Å²) in [4.78, 5) is 34.9. The lowest BCUT2D eigenvalue weighted by atomic mass is 9.99. The quantitative estimate of drug-likeness (QED) is 0.244. The van der Waals surface area contributed by atoms with Gasteiger partial charge in [-0.25, -0.2) is 0 Å². The standard InChI is InChI=1S/C35H38N4O4/c1-24(2)39-21-25(3)32(23-38(4)22-26-13-15-29(16-14-26)42-28-9-6-5-7-10-28)43-33-30(35(39)41)11-8-12-31(33)37-34(40)27-17-19-36-20-18-27/h5-20,24-25,32H,21-23H2,1-4H3,(H,37,40)/t25-,32?/m0/s1. The molecule has 2 heterocycles. The number of aromatic nitrogens is 1. The van der Waals surface area contributed by atoms with Crippen LogP contribution in [0.2, 0.25) is 0 Å². The van der Waals surface area contributed by atoms with E-state index < -0.39 is 0 Å². The number of hydrogen-bond donors (Lipinski definition) is 1. The van der Waals surface area contributed by atoms with Crippen molar-refractivity contribution in [3.63, 3.8) is 0 Å². The van der Waals surface area contributed by atoms with Gasteiger partial charge in [0.25, 0.3) is 11.8 Å². The molecule has 4 aromatic rings. The van der Waals surface area contributed by atoms with E-state index >= 15 is 0 Å². The van der Waals surface area contributed by atoms with Crippen LogP contribution >= 0.6 is 0 Å². The Labute approximate surface area is 253 Å². The van der Waals surface area contributed by atoms with Gasteiger partial charge in [0.1, 0.15) is 17.6 Å². The van der Waals surface area contributed by atoms with Gasteiger partial charge in [-0.1, -0.05) is 43.3 Å². The molecule has 1 aliphatic rings. The van der Waals surface area contributed by atoms with Gasteiger partial charge in [-0.3, -0.25) is 19.5 Å². The molecule has 0 bridgehead atoms. The second kappa shape index (κ2) is 13.5. The Balaban J connectivity index is 1.35. The van der Waals surface area contributed by atoms with Crippen LogP contribution in [0.4, 0.5) is 5.69 Å². The number of rotatable bonds is 9. The van der Waals surface area contributed by atoms with Crippen LogP contribution in [0, 0.1) is 5.92 Å². The van der Waals surface area contributed by atoms with Crippen LogP contribution in [0.15, 0.2) is 97.3 Å². The number of hydrogen-bond acceptors (Lipinski definition) is 6. The predicted octanol–water partition coefficient (Wildman–Crippen LogP) is 6.51. The highest BCUT2D eigenvalue weighted by Gasteiger charge is 2.34. The Morgan fingerprint density at radius 3 is 2.40 bits per heavy atom. The normalized spacial score (nSPS) is 16.7. The third-order valence-corrected chi connectivity index (χ3v) is 7.56. The Bertz CT molecular complexity index is 1530. The lowest BCUT2D eigenvalue weighted by Crippen LogP contribution is -2.48. The number of para-hydroxylation sites is 2. The number of anilines is 1. The second-order valence-corrected chi connectivity index (χ2v) is 11.3. The molecule has 0 radical (unpaired) electrons. The molecule has 8 heteroatoms. The second-order valence-electron chi connectivity index (χ2n) is 11.3. The van der Waals surface area contributed by atoms with Gasteiger partial charge in [-0.05, 0) is 75.0 Å². The molecule has 0 saturated carbocycles. The van der Waals surface area contributed by atoms with Crippen molar-refractivity contribution in [2.75, 3.05) is 25.5 Å². The molecule has 1 N–H and O–H groups in total. The lowest BCUT2D eigenvalue weighted by molar-refractivity contribution is 0.0433. The SMILES string of the molecule is CC(C)N1C[C@H](C)C(CN(C)Cc2ccc(Oc3ccccc3)cc2)Oc2c(NC(=O)c3ccncc3)cccc2C1=O. The number of fused-ring (bicyclic) bond motifs is 1. The summed E-state index contributed by atoms with van der Waals surface area (Å²) >= 11 is 0. The molecule has 1 unspecified atom stereocenters. The summed E-state index contributed by atoms with van der Waals surface area (Å²) < 4.78 is 12.6. The van der Waals surface area contributed by atoms with Crippen LogP contribution in [0.25, 0.3) is 0 Å². The molecular weight excluding hydrogens is 540 g/mol. The highest BCUT2D eigenvalue weighted by molar-refractivity contribution is 6.07. The van der Waals surface area contributed by atoms with Gasteiger partial charge in [0.2, 0.25) is 0 Å². The molecule has 0 fully saturated rings. The van der Waals surface area contributed by atoms with Crippen LogP contribution in [0.1, 0.15) is 47.1 Å². The number of carbonyl (C=O) groups is 2. The molecule has 8 nitrogen and oxygen atoms in total. The maximum atomic E-state index is 13.7. The van der Waals surface area contributed by atoms with Crippen LogP contribution < -0.4 is 14.8 Å². The monoisotopic (exact) mass is 578 g/mol. The number of nitrogens with one attached hydrogen (secondary N) is 1. The largest absolute Gasteiger partial charge is 0.486 e. The Morgan fingerprint density at radius 1 is 1.00 bits per heavy atom. The van der Waals surface area contributed by atoms with E-state index in [0.717, 1.165) is 17.1 Å². The number of pyridine rings is 1. The summed E-state index contributed by atoms with van der Waals surface area (Å²) in [7, 11) is 2.06. The van der Waals surface area contributed by atoms with Gasteiger partial charge in [0.05, 0.1) is 11.3 Å². The molecule has 1 aliphatic heterocycles. The molecule has 0 spiro atoms. The van der Waals surface area contributed by atoms with Crippen molar-refractivity contribution < 1.29 is 19.1 Å². The van der Waals surface area contributed by atoms with E-state index in [-0.39, 0.29) is 29.9 Å². The van der Waals surface area contributed by atoms with Crippen LogP contribution in [0.3, 0.4) is 0 Å². The number of nitrogens with zero attached hydrogens (tertiary/aromatic N) is 3. The van der Waals surface area contributed by atoms with Crippen molar-refractivity contribution in [1.29, 1.82) is 0 Å². The number of benzene rings is 3. The van der Waals surface area contributed by atoms with Crippen molar-refractivity contribution in [2.45, 2.75) is 39.5 Å². The van der Waals surface area contributed by atoms with Crippen molar-refractivity contribution in [1.82, 2.24) is 14.8 Å². The maximum Gasteiger partial charge on any atom is 0.257 e. The van der Waals surface area contributed by atoms with E-state index in [1.54, 1.807) is 42.7 Å². The Morgan fingerprint density at radius 2 is 1.70 bits per heavy atom. The van der Waals surface area contributed by atoms with E-state index in [1.807, 2.05) is 61.2 Å². The summed E-state index contributed by atoms with van der Waals surface area (Å²) in [5.41, 5.74) is 2.52. The minimum Gasteiger partial charge on any atom is -0.486 e. The summed E-state index contributed by atoms with van der Waals surface area (Å²) in [6, 6.07) is 26.4. The Kier molecular flexibility index (Phi) is 9.37. The van der Waals surface area contributed by atoms with Crippen molar-refractivity contribution in [3.05, 3.63) is 114 Å². The van der Waals surface area contributed by atoms with E-state index in [1.165, 1.54) is 0 Å². The predicted molar refractivity (Wildman–Crippen MR) is 168 cm³/mol. The molecule has 1 aromatic heterocycles. The summed E-state index contributed by atoms with van der Waals surface area (Å²) in [6.45, 7) is 8.05. The zero-order chi connectivity index (χ0) is 30.3. The van der Waals surface area contributed by atoms with E-state index in [4.69, 9.17) is 9.47 Å². The number of likely N-dealkylation sites (N-methyl/N-ethyl adjacent to an activating group) is 1. The molecular formula is C35H38N4O4. The van der Waals surface area contributed by atoms with Crippen LogP contribution in [-0.4, -0.2) is 58.9 Å². The smallest absolute Gasteiger partial charge is 0.257 e. The minimum atomic E-state index is -0.295. The molecule has 43 heavy (non-hydrogen) atoms. The number of carbonyl (C=O) groups excluding carboxylic acids is 2. The zero-order valence-electron chi connectivity index (χ0n) is 25.1. The molecule has 5 rings (SSSR count). The molecule has 2 amide bonds. The molecule has 3 aromatic carbocycles. The minimum absolute atomic E-state index is 0.00552. The van der Waals surface area contributed by atoms with E-state index in [2.05, 4.69) is 41.3 Å².